The number of nitrogens with zero attached hydrogens (tertiary/aromatic N) is 1. The van der Waals surface area contributed by atoms with Crippen LogP contribution in [-0.2, 0) is 4.74 Å². The summed E-state index contributed by atoms with van der Waals surface area (Å²) in [5.41, 5.74) is 5.01. The first-order valence-corrected chi connectivity index (χ1v) is 6.27. The fourth-order valence-electron chi connectivity index (χ4n) is 1.87. The van der Waals surface area contributed by atoms with Crippen molar-refractivity contribution in [2.45, 2.75) is 39.2 Å². The summed E-state index contributed by atoms with van der Waals surface area (Å²) in [5, 5.41) is 0. The van der Waals surface area contributed by atoms with Crippen molar-refractivity contribution in [1.29, 1.82) is 0 Å². The average molecular weight is 240 g/mol. The summed E-state index contributed by atoms with van der Waals surface area (Å²) >= 11 is 0. The van der Waals surface area contributed by atoms with Crippen LogP contribution in [0.15, 0.2) is 12.2 Å². The van der Waals surface area contributed by atoms with Crippen molar-refractivity contribution >= 4 is 6.09 Å². The molecule has 4 heteroatoms. The largest absolute Gasteiger partial charge is 0.444 e. The number of amides is 1. The summed E-state index contributed by atoms with van der Waals surface area (Å²) in [6.07, 6.45) is 5.95. The van der Waals surface area contributed by atoms with Gasteiger partial charge in [0.1, 0.15) is 5.60 Å². The fraction of sp³-hybridized carbons (Fsp3) is 0.769. The van der Waals surface area contributed by atoms with Gasteiger partial charge in [-0.05, 0) is 39.5 Å². The molecule has 1 fully saturated rings. The van der Waals surface area contributed by atoms with E-state index in [0.717, 1.165) is 25.9 Å². The van der Waals surface area contributed by atoms with Crippen molar-refractivity contribution < 1.29 is 9.53 Å². The first kappa shape index (κ1) is 14.0. The normalized spacial score (nSPS) is 18.7. The summed E-state index contributed by atoms with van der Waals surface area (Å²) in [6, 6.07) is 0. The number of hydrogen-bond acceptors (Lipinski definition) is 3. The minimum atomic E-state index is -0.409. The number of carbonyl (C=O) groups excluding carboxylic acids is 1. The van der Waals surface area contributed by atoms with Crippen LogP contribution in [0.5, 0.6) is 0 Å². The number of rotatable bonds is 2. The van der Waals surface area contributed by atoms with Crippen LogP contribution in [0.2, 0.25) is 0 Å². The van der Waals surface area contributed by atoms with Gasteiger partial charge >= 0.3 is 6.09 Å². The van der Waals surface area contributed by atoms with E-state index in [1.54, 1.807) is 4.90 Å². The highest BCUT2D eigenvalue weighted by Crippen LogP contribution is 2.20. The molecule has 1 aliphatic heterocycles. The molecule has 1 rings (SSSR count). The van der Waals surface area contributed by atoms with Crippen LogP contribution in [0.4, 0.5) is 4.79 Å². The van der Waals surface area contributed by atoms with E-state index in [2.05, 4.69) is 6.08 Å². The van der Waals surface area contributed by atoms with Crippen molar-refractivity contribution in [2.24, 2.45) is 11.7 Å². The molecule has 0 spiro atoms. The zero-order valence-electron chi connectivity index (χ0n) is 11.1. The predicted molar refractivity (Wildman–Crippen MR) is 68.7 cm³/mol. The lowest BCUT2D eigenvalue weighted by Crippen LogP contribution is -2.41. The predicted octanol–water partition coefficient (Wildman–Crippen LogP) is 2.15. The Labute approximate surface area is 104 Å². The van der Waals surface area contributed by atoms with E-state index in [1.807, 2.05) is 26.8 Å². The van der Waals surface area contributed by atoms with E-state index < -0.39 is 5.60 Å². The molecule has 1 saturated heterocycles. The van der Waals surface area contributed by atoms with Crippen molar-refractivity contribution in [2.75, 3.05) is 19.6 Å². The molecule has 0 atom stereocenters. The van der Waals surface area contributed by atoms with Crippen LogP contribution >= 0.6 is 0 Å². The highest BCUT2D eigenvalue weighted by Gasteiger charge is 2.25. The summed E-state index contributed by atoms with van der Waals surface area (Å²) in [5.74, 6) is 0.553. The number of hydrogen-bond donors (Lipinski definition) is 1. The molecule has 1 aliphatic rings. The molecule has 0 aromatic rings. The Morgan fingerprint density at radius 2 is 2.00 bits per heavy atom. The number of piperidine rings is 1. The molecule has 2 N–H and O–H groups in total. The van der Waals surface area contributed by atoms with Gasteiger partial charge in [-0.2, -0.15) is 0 Å². The lowest BCUT2D eigenvalue weighted by molar-refractivity contribution is 0.0197. The molecule has 4 nitrogen and oxygen atoms in total. The number of allylic oxidation sites excluding steroid dienone is 1. The standard InChI is InChI=1S/C13H24N2O2/c1-13(2,3)17-12(16)15-9-6-11(7-10-15)5-4-8-14/h4-5,11H,6-10,14H2,1-3H3/b5-4+. The van der Waals surface area contributed by atoms with Crippen molar-refractivity contribution in [3.63, 3.8) is 0 Å². The zero-order valence-corrected chi connectivity index (χ0v) is 11.1. The lowest BCUT2D eigenvalue weighted by atomic mass is 9.96. The fourth-order valence-corrected chi connectivity index (χ4v) is 1.87. The van der Waals surface area contributed by atoms with Gasteiger partial charge in [-0.25, -0.2) is 4.79 Å². The number of ether oxygens (including phenoxy) is 1. The van der Waals surface area contributed by atoms with Crippen LogP contribution in [0.25, 0.3) is 0 Å². The van der Waals surface area contributed by atoms with Gasteiger partial charge in [0.25, 0.3) is 0 Å². The maximum absolute atomic E-state index is 11.8. The van der Waals surface area contributed by atoms with Gasteiger partial charge in [-0.3, -0.25) is 0 Å². The van der Waals surface area contributed by atoms with Gasteiger partial charge < -0.3 is 15.4 Å². The Hall–Kier alpha value is -1.03. The second-order valence-electron chi connectivity index (χ2n) is 5.47. The minimum absolute atomic E-state index is 0.196. The molecule has 0 bridgehead atoms. The second kappa shape index (κ2) is 6.05. The van der Waals surface area contributed by atoms with Crippen LogP contribution in [-0.4, -0.2) is 36.2 Å². The number of nitrogens with two attached hydrogens (primary N) is 1. The van der Waals surface area contributed by atoms with E-state index in [4.69, 9.17) is 10.5 Å². The summed E-state index contributed by atoms with van der Waals surface area (Å²) in [6.45, 7) is 7.81. The first-order chi connectivity index (χ1) is 7.92. The topological polar surface area (TPSA) is 55.6 Å². The van der Waals surface area contributed by atoms with Gasteiger partial charge in [0.2, 0.25) is 0 Å². The molecule has 1 amide bonds. The molecule has 98 valence electrons. The molecular weight excluding hydrogens is 216 g/mol. The highest BCUT2D eigenvalue weighted by molar-refractivity contribution is 5.68. The summed E-state index contributed by atoms with van der Waals surface area (Å²) in [4.78, 5) is 13.6. The third-order valence-corrected chi connectivity index (χ3v) is 2.74. The van der Waals surface area contributed by atoms with Crippen molar-refractivity contribution in [3.8, 4) is 0 Å². The van der Waals surface area contributed by atoms with Gasteiger partial charge in [0, 0.05) is 19.6 Å². The summed E-state index contributed by atoms with van der Waals surface area (Å²) in [7, 11) is 0. The van der Waals surface area contributed by atoms with Gasteiger partial charge in [-0.1, -0.05) is 12.2 Å². The Bertz CT molecular complexity index is 274. The molecule has 0 unspecified atom stereocenters. The van der Waals surface area contributed by atoms with Crippen LogP contribution in [0, 0.1) is 5.92 Å². The third kappa shape index (κ3) is 5.22. The molecule has 0 aromatic carbocycles. The van der Waals surface area contributed by atoms with Gasteiger partial charge in [0.05, 0.1) is 0 Å². The Morgan fingerprint density at radius 3 is 2.47 bits per heavy atom. The molecule has 0 saturated carbocycles. The quantitative estimate of drug-likeness (QED) is 0.752. The molecule has 17 heavy (non-hydrogen) atoms. The Balaban J connectivity index is 2.36. The Kier molecular flexibility index (Phi) is 5.00. The lowest BCUT2D eigenvalue weighted by Gasteiger charge is -2.32. The monoisotopic (exact) mass is 240 g/mol. The van der Waals surface area contributed by atoms with Crippen molar-refractivity contribution in [1.82, 2.24) is 4.90 Å². The molecule has 0 aliphatic carbocycles. The minimum Gasteiger partial charge on any atom is -0.444 e. The first-order valence-electron chi connectivity index (χ1n) is 6.27. The smallest absolute Gasteiger partial charge is 0.410 e. The molecular formula is C13H24N2O2. The maximum atomic E-state index is 11.8. The van der Waals surface area contributed by atoms with E-state index >= 15 is 0 Å². The van der Waals surface area contributed by atoms with Crippen LogP contribution in [0.3, 0.4) is 0 Å². The van der Waals surface area contributed by atoms with E-state index in [0.29, 0.717) is 12.5 Å². The van der Waals surface area contributed by atoms with Crippen LogP contribution < -0.4 is 5.73 Å². The van der Waals surface area contributed by atoms with Gasteiger partial charge in [0.15, 0.2) is 0 Å². The molecule has 1 heterocycles. The van der Waals surface area contributed by atoms with E-state index in [1.165, 1.54) is 0 Å². The Morgan fingerprint density at radius 1 is 1.41 bits per heavy atom. The average Bonchev–Trinajstić information content (AvgIpc) is 2.24. The number of carbonyl (C=O) groups is 1. The molecule has 0 aromatic heterocycles. The maximum Gasteiger partial charge on any atom is 0.410 e. The van der Waals surface area contributed by atoms with Crippen LogP contribution in [0.1, 0.15) is 33.6 Å². The third-order valence-electron chi connectivity index (χ3n) is 2.74. The zero-order chi connectivity index (χ0) is 12.9. The highest BCUT2D eigenvalue weighted by atomic mass is 16.6. The molecule has 0 radical (unpaired) electrons. The van der Waals surface area contributed by atoms with Crippen molar-refractivity contribution in [3.05, 3.63) is 12.2 Å². The SMILES string of the molecule is CC(C)(C)OC(=O)N1CCC(/C=C/CN)CC1. The second-order valence-corrected chi connectivity index (χ2v) is 5.47. The van der Waals surface area contributed by atoms with E-state index in [9.17, 15) is 4.79 Å². The van der Waals surface area contributed by atoms with Gasteiger partial charge in [-0.15, -0.1) is 0 Å². The summed E-state index contributed by atoms with van der Waals surface area (Å²) < 4.78 is 5.34. The van der Waals surface area contributed by atoms with E-state index in [-0.39, 0.29) is 6.09 Å². The number of likely N-dealkylation sites (tertiary alicyclic amines) is 1.